The number of aryl methyl sites for hydroxylation is 1. The molecular weight excluding hydrogens is 377 g/mol. The van der Waals surface area contributed by atoms with Gasteiger partial charge < -0.3 is 0 Å². The predicted molar refractivity (Wildman–Crippen MR) is 85.4 cm³/mol. The molecule has 2 aromatic heterocycles. The number of thiol groups is 1. The minimum atomic E-state index is 0.630. The molecule has 1 aromatic carbocycles. The van der Waals surface area contributed by atoms with Crippen LogP contribution in [0.1, 0.15) is 5.56 Å². The zero-order chi connectivity index (χ0) is 12.7. The van der Waals surface area contributed by atoms with Gasteiger partial charge in [-0.1, -0.05) is 17.4 Å². The first-order chi connectivity index (χ1) is 8.65. The van der Waals surface area contributed by atoms with Crippen molar-refractivity contribution in [2.24, 2.45) is 0 Å². The Labute approximate surface area is 127 Å². The number of benzene rings is 1. The molecule has 0 aliphatic carbocycles. The van der Waals surface area contributed by atoms with E-state index in [2.05, 4.69) is 75.3 Å². The molecule has 0 radical (unpaired) electrons. The van der Waals surface area contributed by atoms with E-state index >= 15 is 0 Å². The lowest BCUT2D eigenvalue weighted by Crippen LogP contribution is -1.84. The third-order valence-electron chi connectivity index (χ3n) is 2.61. The number of rotatable bonds is 1. The third kappa shape index (κ3) is 2.12. The summed E-state index contributed by atoms with van der Waals surface area (Å²) in [7, 11) is 0. The van der Waals surface area contributed by atoms with Crippen molar-refractivity contribution in [2.75, 3.05) is 0 Å². The lowest BCUT2D eigenvalue weighted by atomic mass is 10.1. The van der Waals surface area contributed by atoms with E-state index in [1.54, 1.807) is 11.3 Å². The van der Waals surface area contributed by atoms with Gasteiger partial charge in [0.2, 0.25) is 0 Å². The zero-order valence-electron chi connectivity index (χ0n) is 9.38. The van der Waals surface area contributed by atoms with E-state index in [0.29, 0.717) is 5.03 Å². The van der Waals surface area contributed by atoms with Crippen LogP contribution >= 0.6 is 46.6 Å². The minimum Gasteiger partial charge on any atom is -0.231 e. The Kier molecular flexibility index (Phi) is 3.25. The topological polar surface area (TPSA) is 38.7 Å². The van der Waals surface area contributed by atoms with Crippen molar-refractivity contribution in [3.05, 3.63) is 33.7 Å². The molecule has 0 bridgehead atoms. The van der Waals surface area contributed by atoms with Crippen LogP contribution in [0.5, 0.6) is 0 Å². The molecule has 3 aromatic rings. The van der Waals surface area contributed by atoms with Crippen molar-refractivity contribution >= 4 is 56.9 Å². The molecule has 2 heterocycles. The molecule has 0 saturated heterocycles. The number of hydrogen-bond acceptors (Lipinski definition) is 5. The zero-order valence-corrected chi connectivity index (χ0v) is 13.3. The summed E-state index contributed by atoms with van der Waals surface area (Å²) in [6.45, 7) is 2.09. The molecule has 6 heteroatoms. The smallest absolute Gasteiger partial charge is 0.148 e. The second-order valence-corrected chi connectivity index (χ2v) is 6.48. The molecule has 0 saturated carbocycles. The number of aromatic nitrogens is 3. The van der Waals surface area contributed by atoms with Gasteiger partial charge in [0.15, 0.2) is 0 Å². The van der Waals surface area contributed by atoms with Crippen molar-refractivity contribution < 1.29 is 0 Å². The highest BCUT2D eigenvalue weighted by molar-refractivity contribution is 14.1. The second kappa shape index (κ2) is 4.75. The van der Waals surface area contributed by atoms with Gasteiger partial charge in [-0.2, -0.15) is 0 Å². The summed E-state index contributed by atoms with van der Waals surface area (Å²) in [6, 6.07) is 6.34. The van der Waals surface area contributed by atoms with Crippen LogP contribution in [-0.2, 0) is 0 Å². The SMILES string of the molecule is Cc1ccc(I)cc1-c1nc2c(S)ncnc2s1. The second-order valence-electron chi connectivity index (χ2n) is 3.83. The normalized spacial score (nSPS) is 11.1. The van der Waals surface area contributed by atoms with Gasteiger partial charge in [0.1, 0.15) is 26.7 Å². The third-order valence-corrected chi connectivity index (χ3v) is 4.60. The highest BCUT2D eigenvalue weighted by atomic mass is 127. The van der Waals surface area contributed by atoms with Crippen molar-refractivity contribution in [2.45, 2.75) is 11.9 Å². The number of hydrogen-bond donors (Lipinski definition) is 1. The summed E-state index contributed by atoms with van der Waals surface area (Å²) < 4.78 is 1.20. The Balaban J connectivity index is 2.26. The quantitative estimate of drug-likeness (QED) is 0.392. The van der Waals surface area contributed by atoms with Crippen LogP contribution in [0.25, 0.3) is 20.9 Å². The maximum atomic E-state index is 4.60. The van der Waals surface area contributed by atoms with Crippen molar-refractivity contribution in [1.82, 2.24) is 15.0 Å². The van der Waals surface area contributed by atoms with Gasteiger partial charge in [0, 0.05) is 9.13 Å². The number of thiazole rings is 1. The first-order valence-corrected chi connectivity index (χ1v) is 7.56. The maximum Gasteiger partial charge on any atom is 0.148 e. The van der Waals surface area contributed by atoms with Gasteiger partial charge in [-0.05, 0) is 47.2 Å². The van der Waals surface area contributed by atoms with Gasteiger partial charge >= 0.3 is 0 Å². The fraction of sp³-hybridized carbons (Fsp3) is 0.0833. The molecular formula is C12H8IN3S2. The fourth-order valence-electron chi connectivity index (χ4n) is 1.68. The number of fused-ring (bicyclic) bond motifs is 1. The summed E-state index contributed by atoms with van der Waals surface area (Å²) in [5.41, 5.74) is 3.14. The van der Waals surface area contributed by atoms with E-state index in [0.717, 1.165) is 20.9 Å². The van der Waals surface area contributed by atoms with E-state index in [4.69, 9.17) is 0 Å². The summed E-state index contributed by atoms with van der Waals surface area (Å²) in [5, 5.41) is 1.60. The van der Waals surface area contributed by atoms with E-state index < -0.39 is 0 Å². The van der Waals surface area contributed by atoms with Gasteiger partial charge in [0.25, 0.3) is 0 Å². The lowest BCUT2D eigenvalue weighted by Gasteiger charge is -2.02. The molecule has 0 unspecified atom stereocenters. The molecule has 0 aliphatic heterocycles. The minimum absolute atomic E-state index is 0.630. The van der Waals surface area contributed by atoms with Crippen LogP contribution in [0, 0.1) is 10.5 Å². The summed E-state index contributed by atoms with van der Waals surface area (Å²) >= 11 is 8.19. The molecule has 0 atom stereocenters. The molecule has 18 heavy (non-hydrogen) atoms. The largest absolute Gasteiger partial charge is 0.231 e. The fourth-order valence-corrected chi connectivity index (χ4v) is 3.45. The Morgan fingerprint density at radius 1 is 1.28 bits per heavy atom. The highest BCUT2D eigenvalue weighted by Gasteiger charge is 2.12. The summed E-state index contributed by atoms with van der Waals surface area (Å²) in [4.78, 5) is 13.8. The molecule has 3 nitrogen and oxygen atoms in total. The first kappa shape index (κ1) is 12.3. The number of halogens is 1. The molecule has 0 fully saturated rings. The van der Waals surface area contributed by atoms with E-state index in [1.807, 2.05) is 0 Å². The van der Waals surface area contributed by atoms with E-state index in [1.165, 1.54) is 15.5 Å². The molecule has 0 spiro atoms. The highest BCUT2D eigenvalue weighted by Crippen LogP contribution is 2.33. The Bertz CT molecular complexity index is 739. The monoisotopic (exact) mass is 385 g/mol. The van der Waals surface area contributed by atoms with Crippen LogP contribution < -0.4 is 0 Å². The van der Waals surface area contributed by atoms with Crippen LogP contribution in [0.4, 0.5) is 0 Å². The Morgan fingerprint density at radius 2 is 2.11 bits per heavy atom. The van der Waals surface area contributed by atoms with Crippen molar-refractivity contribution in [1.29, 1.82) is 0 Å². The standard InChI is InChI=1S/C12H8IN3S2/c1-6-2-3-7(13)4-8(6)11-16-9-10(17)14-5-15-12(9)18-11/h2-5H,1H3,(H,14,15,17). The van der Waals surface area contributed by atoms with Crippen LogP contribution in [0.2, 0.25) is 0 Å². The Hall–Kier alpha value is -0.730. The number of nitrogens with zero attached hydrogens (tertiary/aromatic N) is 3. The van der Waals surface area contributed by atoms with Crippen molar-refractivity contribution in [3.63, 3.8) is 0 Å². The first-order valence-electron chi connectivity index (χ1n) is 5.22. The van der Waals surface area contributed by atoms with Gasteiger partial charge in [-0.15, -0.1) is 12.6 Å². The average Bonchev–Trinajstić information content (AvgIpc) is 2.77. The molecule has 0 amide bonds. The van der Waals surface area contributed by atoms with Crippen LogP contribution in [0.3, 0.4) is 0 Å². The van der Waals surface area contributed by atoms with Crippen LogP contribution in [-0.4, -0.2) is 15.0 Å². The van der Waals surface area contributed by atoms with E-state index in [-0.39, 0.29) is 0 Å². The van der Waals surface area contributed by atoms with Gasteiger partial charge in [-0.25, -0.2) is 15.0 Å². The lowest BCUT2D eigenvalue weighted by molar-refractivity contribution is 1.10. The molecule has 0 aliphatic rings. The maximum absolute atomic E-state index is 4.60. The molecule has 0 N–H and O–H groups in total. The molecule has 3 rings (SSSR count). The van der Waals surface area contributed by atoms with Gasteiger partial charge in [-0.3, -0.25) is 0 Å². The van der Waals surface area contributed by atoms with E-state index in [9.17, 15) is 0 Å². The summed E-state index contributed by atoms with van der Waals surface area (Å²) in [6.07, 6.45) is 1.52. The summed E-state index contributed by atoms with van der Waals surface area (Å²) in [5.74, 6) is 0. The predicted octanol–water partition coefficient (Wildman–Crippen LogP) is 3.96. The van der Waals surface area contributed by atoms with Gasteiger partial charge in [0.05, 0.1) is 0 Å². The van der Waals surface area contributed by atoms with Crippen molar-refractivity contribution in [3.8, 4) is 10.6 Å². The average molecular weight is 385 g/mol. The molecule has 90 valence electrons. The van der Waals surface area contributed by atoms with Crippen LogP contribution in [0.15, 0.2) is 29.6 Å². The Morgan fingerprint density at radius 3 is 2.89 bits per heavy atom.